The predicted octanol–water partition coefficient (Wildman–Crippen LogP) is 0.987. The molecule has 0 unspecified atom stereocenters. The number of aromatic nitrogens is 1. The van der Waals surface area contributed by atoms with Gasteiger partial charge in [0.15, 0.2) is 11.5 Å². The van der Waals surface area contributed by atoms with Crippen LogP contribution < -0.4 is 25.0 Å². The van der Waals surface area contributed by atoms with Crippen molar-refractivity contribution in [2.45, 2.75) is 0 Å². The number of hydrogen-bond acceptors (Lipinski definition) is 7. The van der Waals surface area contributed by atoms with Crippen molar-refractivity contribution in [2.24, 2.45) is 5.10 Å². The lowest BCUT2D eigenvalue weighted by Gasteiger charge is -2.14. The van der Waals surface area contributed by atoms with Gasteiger partial charge in [-0.3, -0.25) is 14.6 Å². The average molecular weight is 372 g/mol. The highest BCUT2D eigenvalue weighted by molar-refractivity contribution is 5.97. The van der Waals surface area contributed by atoms with Crippen molar-refractivity contribution in [2.75, 3.05) is 27.9 Å². The minimum atomic E-state index is -0.471. The number of amides is 2. The van der Waals surface area contributed by atoms with Crippen molar-refractivity contribution in [1.29, 1.82) is 0 Å². The Hall–Kier alpha value is -3.62. The van der Waals surface area contributed by atoms with Gasteiger partial charge in [0, 0.05) is 18.0 Å². The summed E-state index contributed by atoms with van der Waals surface area (Å²) in [6, 6.07) is 6.47. The molecule has 27 heavy (non-hydrogen) atoms. The van der Waals surface area contributed by atoms with Gasteiger partial charge in [-0.1, -0.05) is 0 Å². The molecule has 2 rings (SSSR count). The predicted molar refractivity (Wildman–Crippen MR) is 98.4 cm³/mol. The number of carbonyl (C=O) groups is 2. The fourth-order valence-corrected chi connectivity index (χ4v) is 2.14. The van der Waals surface area contributed by atoms with Gasteiger partial charge >= 0.3 is 0 Å². The van der Waals surface area contributed by atoms with Crippen LogP contribution in [-0.2, 0) is 4.79 Å². The number of benzene rings is 1. The van der Waals surface area contributed by atoms with E-state index in [1.165, 1.54) is 39.7 Å². The molecule has 0 bridgehead atoms. The Morgan fingerprint density at radius 3 is 2.26 bits per heavy atom. The van der Waals surface area contributed by atoms with Gasteiger partial charge in [-0.2, -0.15) is 5.10 Å². The topological polar surface area (TPSA) is 111 Å². The molecule has 0 atom stereocenters. The minimum Gasteiger partial charge on any atom is -0.493 e. The minimum absolute atomic E-state index is 0.247. The van der Waals surface area contributed by atoms with Gasteiger partial charge in [-0.25, -0.2) is 5.43 Å². The third-order valence-electron chi connectivity index (χ3n) is 3.45. The number of methoxy groups -OCH3 is 3. The largest absolute Gasteiger partial charge is 0.493 e. The molecule has 0 saturated carbocycles. The van der Waals surface area contributed by atoms with E-state index in [1.54, 1.807) is 24.5 Å². The SMILES string of the molecule is COc1cc(C(=O)NCC(=O)NN=Cc2ccncc2)cc(OC)c1OC. The molecule has 0 fully saturated rings. The van der Waals surface area contributed by atoms with Crippen LogP contribution in [0.3, 0.4) is 0 Å². The summed E-state index contributed by atoms with van der Waals surface area (Å²) in [6.45, 7) is -0.247. The van der Waals surface area contributed by atoms with Crippen LogP contribution in [-0.4, -0.2) is 50.9 Å². The summed E-state index contributed by atoms with van der Waals surface area (Å²) in [6.07, 6.45) is 4.70. The molecule has 1 aromatic carbocycles. The molecule has 0 aliphatic rings. The van der Waals surface area contributed by atoms with E-state index < -0.39 is 11.8 Å². The molecule has 9 heteroatoms. The fourth-order valence-electron chi connectivity index (χ4n) is 2.14. The molecule has 0 saturated heterocycles. The molecule has 0 aliphatic carbocycles. The van der Waals surface area contributed by atoms with Crippen molar-refractivity contribution in [3.8, 4) is 17.2 Å². The van der Waals surface area contributed by atoms with E-state index in [1.807, 2.05) is 0 Å². The Balaban J connectivity index is 1.95. The highest BCUT2D eigenvalue weighted by atomic mass is 16.5. The van der Waals surface area contributed by atoms with Gasteiger partial charge in [0.1, 0.15) is 0 Å². The van der Waals surface area contributed by atoms with Crippen molar-refractivity contribution in [1.82, 2.24) is 15.7 Å². The van der Waals surface area contributed by atoms with Crippen molar-refractivity contribution < 1.29 is 23.8 Å². The fraction of sp³-hybridized carbons (Fsp3) is 0.222. The number of hydrogen-bond donors (Lipinski definition) is 2. The molecule has 0 aliphatic heterocycles. The number of nitrogens with zero attached hydrogens (tertiary/aromatic N) is 2. The van der Waals surface area contributed by atoms with E-state index in [0.29, 0.717) is 17.2 Å². The van der Waals surface area contributed by atoms with Gasteiger partial charge < -0.3 is 19.5 Å². The average Bonchev–Trinajstić information content (AvgIpc) is 2.71. The quantitative estimate of drug-likeness (QED) is 0.528. The number of ether oxygens (including phenoxy) is 3. The first-order valence-corrected chi connectivity index (χ1v) is 7.89. The van der Waals surface area contributed by atoms with Crippen LogP contribution in [0.1, 0.15) is 15.9 Å². The van der Waals surface area contributed by atoms with Crippen LogP contribution in [0.4, 0.5) is 0 Å². The first-order chi connectivity index (χ1) is 13.1. The second-order valence-electron chi connectivity index (χ2n) is 5.17. The molecular weight excluding hydrogens is 352 g/mol. The zero-order chi connectivity index (χ0) is 19.6. The van der Waals surface area contributed by atoms with Gasteiger partial charge in [0.05, 0.1) is 34.1 Å². The Bertz CT molecular complexity index is 799. The first kappa shape index (κ1) is 19.7. The maximum atomic E-state index is 12.3. The van der Waals surface area contributed by atoms with E-state index in [-0.39, 0.29) is 12.1 Å². The van der Waals surface area contributed by atoms with Crippen molar-refractivity contribution in [3.05, 3.63) is 47.8 Å². The normalized spacial score (nSPS) is 10.3. The lowest BCUT2D eigenvalue weighted by molar-refractivity contribution is -0.120. The summed E-state index contributed by atoms with van der Waals surface area (Å²) >= 11 is 0. The molecule has 1 aromatic heterocycles. The molecule has 0 radical (unpaired) electrons. The smallest absolute Gasteiger partial charge is 0.259 e. The molecule has 2 N–H and O–H groups in total. The summed E-state index contributed by atoms with van der Waals surface area (Å²) in [5.74, 6) is 0.116. The number of pyridine rings is 1. The van der Waals surface area contributed by atoms with Crippen LogP contribution in [0.5, 0.6) is 17.2 Å². The molecule has 9 nitrogen and oxygen atoms in total. The summed E-state index contributed by atoms with van der Waals surface area (Å²) in [4.78, 5) is 28.0. The van der Waals surface area contributed by atoms with Gasteiger partial charge in [-0.05, 0) is 29.8 Å². The first-order valence-electron chi connectivity index (χ1n) is 7.89. The van der Waals surface area contributed by atoms with Crippen LogP contribution in [0.15, 0.2) is 41.8 Å². The van der Waals surface area contributed by atoms with Gasteiger partial charge in [0.25, 0.3) is 11.8 Å². The van der Waals surface area contributed by atoms with E-state index in [2.05, 4.69) is 20.8 Å². The van der Waals surface area contributed by atoms with Crippen LogP contribution in [0.25, 0.3) is 0 Å². The maximum absolute atomic E-state index is 12.3. The molecule has 2 amide bonds. The molecule has 142 valence electrons. The Kier molecular flexibility index (Phi) is 7.12. The highest BCUT2D eigenvalue weighted by Crippen LogP contribution is 2.38. The summed E-state index contributed by atoms with van der Waals surface area (Å²) in [5.41, 5.74) is 3.37. The zero-order valence-corrected chi connectivity index (χ0v) is 15.2. The number of carbonyl (C=O) groups excluding carboxylic acids is 2. The summed E-state index contributed by atoms with van der Waals surface area (Å²) in [5, 5.41) is 6.31. The second-order valence-corrected chi connectivity index (χ2v) is 5.17. The molecular formula is C18H20N4O5. The van der Waals surface area contributed by atoms with E-state index in [0.717, 1.165) is 5.56 Å². The van der Waals surface area contributed by atoms with E-state index in [4.69, 9.17) is 14.2 Å². The number of hydrazone groups is 1. The van der Waals surface area contributed by atoms with Gasteiger partial charge in [0.2, 0.25) is 5.75 Å². The summed E-state index contributed by atoms with van der Waals surface area (Å²) < 4.78 is 15.6. The summed E-state index contributed by atoms with van der Waals surface area (Å²) in [7, 11) is 4.37. The van der Waals surface area contributed by atoms with Crippen LogP contribution >= 0.6 is 0 Å². The molecule has 1 heterocycles. The highest BCUT2D eigenvalue weighted by Gasteiger charge is 2.17. The number of rotatable bonds is 8. The van der Waals surface area contributed by atoms with Gasteiger partial charge in [-0.15, -0.1) is 0 Å². The van der Waals surface area contributed by atoms with Crippen molar-refractivity contribution >= 4 is 18.0 Å². The lowest BCUT2D eigenvalue weighted by Crippen LogP contribution is -2.34. The van der Waals surface area contributed by atoms with Crippen molar-refractivity contribution in [3.63, 3.8) is 0 Å². The Morgan fingerprint density at radius 2 is 1.70 bits per heavy atom. The maximum Gasteiger partial charge on any atom is 0.259 e. The standard InChI is InChI=1S/C18H20N4O5/c1-25-14-8-13(9-15(26-2)17(14)27-3)18(24)20-11-16(23)22-21-10-12-4-6-19-7-5-12/h4-10H,11H2,1-3H3,(H,20,24)(H,22,23). The molecule has 2 aromatic rings. The number of nitrogens with one attached hydrogen (secondary N) is 2. The Morgan fingerprint density at radius 1 is 1.07 bits per heavy atom. The third kappa shape index (κ3) is 5.43. The van der Waals surface area contributed by atoms with E-state index in [9.17, 15) is 9.59 Å². The monoisotopic (exact) mass is 372 g/mol. The zero-order valence-electron chi connectivity index (χ0n) is 15.2. The van der Waals surface area contributed by atoms with E-state index >= 15 is 0 Å². The lowest BCUT2D eigenvalue weighted by atomic mass is 10.1. The van der Waals surface area contributed by atoms with Crippen LogP contribution in [0.2, 0.25) is 0 Å². The second kappa shape index (κ2) is 9.76. The third-order valence-corrected chi connectivity index (χ3v) is 3.45. The Labute approximate surface area is 156 Å². The molecule has 0 spiro atoms. The van der Waals surface area contributed by atoms with Crippen LogP contribution in [0, 0.1) is 0 Å².